The summed E-state index contributed by atoms with van der Waals surface area (Å²) in [6.07, 6.45) is 1.28. The number of nitrogens with one attached hydrogen (secondary N) is 1. The Labute approximate surface area is 111 Å². The Bertz CT molecular complexity index is 785. The summed E-state index contributed by atoms with van der Waals surface area (Å²) in [5.41, 5.74) is -0.162. The van der Waals surface area contributed by atoms with Gasteiger partial charge >= 0.3 is 5.69 Å². The molecular weight excluding hydrogens is 268 g/mol. The number of nitrogens with zero attached hydrogens (tertiary/aromatic N) is 1. The number of thiophene rings is 1. The number of rotatable bonds is 3. The zero-order valence-corrected chi connectivity index (χ0v) is 11.2. The van der Waals surface area contributed by atoms with Gasteiger partial charge in [0, 0.05) is 7.11 Å². The van der Waals surface area contributed by atoms with E-state index >= 15 is 0 Å². The van der Waals surface area contributed by atoms with Crippen LogP contribution < -0.4 is 11.2 Å². The van der Waals surface area contributed by atoms with Crippen molar-refractivity contribution >= 4 is 27.8 Å². The highest BCUT2D eigenvalue weighted by atomic mass is 32.1. The average Bonchev–Trinajstić information content (AvgIpc) is 3.07. The van der Waals surface area contributed by atoms with Crippen LogP contribution in [0.5, 0.6) is 0 Å². The lowest BCUT2D eigenvalue weighted by Crippen LogP contribution is -2.35. The van der Waals surface area contributed by atoms with E-state index in [4.69, 9.17) is 4.74 Å². The van der Waals surface area contributed by atoms with Gasteiger partial charge in [-0.2, -0.15) is 0 Å². The largest absolute Gasteiger partial charge is 0.379 e. The Kier molecular flexibility index (Phi) is 2.68. The normalized spacial score (nSPS) is 21.8. The van der Waals surface area contributed by atoms with Crippen molar-refractivity contribution in [2.24, 2.45) is 0 Å². The summed E-state index contributed by atoms with van der Waals surface area (Å²) in [4.78, 5) is 38.9. The highest BCUT2D eigenvalue weighted by Crippen LogP contribution is 2.36. The van der Waals surface area contributed by atoms with E-state index < -0.39 is 5.69 Å². The van der Waals surface area contributed by atoms with Crippen LogP contribution >= 0.6 is 11.3 Å². The molecule has 0 spiro atoms. The van der Waals surface area contributed by atoms with Crippen molar-refractivity contribution in [2.75, 3.05) is 7.11 Å². The summed E-state index contributed by atoms with van der Waals surface area (Å²) in [5, 5.41) is 0.424. The van der Waals surface area contributed by atoms with E-state index in [0.29, 0.717) is 33.4 Å². The molecule has 2 aromatic heterocycles. The van der Waals surface area contributed by atoms with Gasteiger partial charge in [-0.3, -0.25) is 19.1 Å². The van der Waals surface area contributed by atoms with Crippen LogP contribution in [-0.4, -0.2) is 29.1 Å². The highest BCUT2D eigenvalue weighted by Gasteiger charge is 2.41. The molecule has 0 aromatic carbocycles. The molecule has 0 amide bonds. The van der Waals surface area contributed by atoms with Gasteiger partial charge in [0.2, 0.25) is 0 Å². The topological polar surface area (TPSA) is 81.2 Å². The van der Waals surface area contributed by atoms with Crippen molar-refractivity contribution in [3.8, 4) is 0 Å². The van der Waals surface area contributed by atoms with Gasteiger partial charge in [-0.1, -0.05) is 0 Å². The Morgan fingerprint density at radius 3 is 2.79 bits per heavy atom. The summed E-state index contributed by atoms with van der Waals surface area (Å²) in [6, 6.07) is -0.204. The molecule has 1 fully saturated rings. The number of H-pyrrole nitrogens is 1. The second kappa shape index (κ2) is 4.14. The Hall–Kier alpha value is -1.73. The van der Waals surface area contributed by atoms with Gasteiger partial charge in [-0.05, 0) is 18.9 Å². The quantitative estimate of drug-likeness (QED) is 0.844. The zero-order valence-electron chi connectivity index (χ0n) is 10.4. The first-order chi connectivity index (χ1) is 9.08. The molecule has 2 aromatic rings. The summed E-state index contributed by atoms with van der Waals surface area (Å²) >= 11 is 1.13. The lowest BCUT2D eigenvalue weighted by Gasteiger charge is -2.03. The first kappa shape index (κ1) is 12.3. The molecule has 0 radical (unpaired) electrons. The molecule has 1 N–H and O–H groups in total. The second-order valence-corrected chi connectivity index (χ2v) is 5.65. The minimum absolute atomic E-state index is 0.0827. The van der Waals surface area contributed by atoms with Gasteiger partial charge in [0.05, 0.1) is 22.4 Å². The van der Waals surface area contributed by atoms with Gasteiger partial charge < -0.3 is 4.74 Å². The van der Waals surface area contributed by atoms with Gasteiger partial charge in [0.15, 0.2) is 6.29 Å². The van der Waals surface area contributed by atoms with Crippen LogP contribution in [0.2, 0.25) is 0 Å². The second-order valence-electron chi connectivity index (χ2n) is 4.60. The fourth-order valence-electron chi connectivity index (χ4n) is 2.34. The third-order valence-corrected chi connectivity index (χ3v) is 4.63. The fraction of sp³-hybridized carbons (Fsp3) is 0.417. The number of hydrogen-bond acceptors (Lipinski definition) is 5. The predicted molar refractivity (Wildman–Crippen MR) is 71.3 cm³/mol. The number of ether oxygens (including phenoxy) is 1. The van der Waals surface area contributed by atoms with Crippen LogP contribution in [0.3, 0.4) is 0 Å². The summed E-state index contributed by atoms with van der Waals surface area (Å²) < 4.78 is 6.34. The number of fused-ring (bicyclic) bond motifs is 1. The molecular formula is C12H12N2O4S. The number of carbonyl (C=O) groups excluding carboxylic acids is 1. The number of aromatic nitrogens is 2. The van der Waals surface area contributed by atoms with Crippen molar-refractivity contribution in [1.29, 1.82) is 0 Å². The highest BCUT2D eigenvalue weighted by molar-refractivity contribution is 7.20. The summed E-state index contributed by atoms with van der Waals surface area (Å²) in [5.74, 6) is 0. The smallest absolute Gasteiger partial charge is 0.329 e. The fourth-order valence-corrected chi connectivity index (χ4v) is 3.35. The number of aromatic amines is 1. The molecule has 19 heavy (non-hydrogen) atoms. The molecule has 0 saturated heterocycles. The number of methoxy groups -OCH3 is 1. The van der Waals surface area contributed by atoms with Crippen LogP contribution in [0.25, 0.3) is 10.2 Å². The van der Waals surface area contributed by atoms with Crippen LogP contribution in [-0.2, 0) is 4.74 Å². The van der Waals surface area contributed by atoms with Crippen molar-refractivity contribution in [1.82, 2.24) is 9.55 Å². The number of aldehydes is 1. The average molecular weight is 280 g/mol. The lowest BCUT2D eigenvalue weighted by molar-refractivity contribution is 0.112. The molecule has 0 bridgehead atoms. The Morgan fingerprint density at radius 2 is 2.21 bits per heavy atom. The van der Waals surface area contributed by atoms with E-state index in [2.05, 4.69) is 4.98 Å². The maximum atomic E-state index is 12.4. The van der Waals surface area contributed by atoms with Crippen molar-refractivity contribution < 1.29 is 9.53 Å². The standard InChI is InChI=1S/C12H12N2O4S/c1-5-8(4-15)19-10-9(5)11(16)14(12(17)13-10)6-3-7(6)18-2/h4,6-7H,3H2,1-2H3,(H,13,17). The van der Waals surface area contributed by atoms with Crippen LogP contribution in [0.1, 0.15) is 27.7 Å². The van der Waals surface area contributed by atoms with E-state index in [1.54, 1.807) is 14.0 Å². The molecule has 1 saturated carbocycles. The third kappa shape index (κ3) is 1.69. The predicted octanol–water partition coefficient (Wildman–Crippen LogP) is 0.832. The van der Waals surface area contributed by atoms with Crippen LogP contribution in [0.4, 0.5) is 0 Å². The third-order valence-electron chi connectivity index (χ3n) is 3.50. The molecule has 2 atom stereocenters. The molecule has 1 aliphatic carbocycles. The number of aryl methyl sites for hydroxylation is 1. The summed E-state index contributed by atoms with van der Waals surface area (Å²) in [6.45, 7) is 1.72. The Morgan fingerprint density at radius 1 is 1.47 bits per heavy atom. The molecule has 6 nitrogen and oxygen atoms in total. The van der Waals surface area contributed by atoms with Gasteiger partial charge in [-0.25, -0.2) is 4.79 Å². The van der Waals surface area contributed by atoms with Gasteiger partial charge in [0.25, 0.3) is 5.56 Å². The SMILES string of the molecule is COC1CC1n1c(=O)[nH]c2sc(C=O)c(C)c2c1=O. The van der Waals surface area contributed by atoms with E-state index in [-0.39, 0.29) is 17.7 Å². The number of carbonyl (C=O) groups is 1. The molecule has 100 valence electrons. The number of hydrogen-bond donors (Lipinski definition) is 1. The molecule has 0 aliphatic heterocycles. The summed E-state index contributed by atoms with van der Waals surface area (Å²) in [7, 11) is 1.56. The monoisotopic (exact) mass is 280 g/mol. The molecule has 3 rings (SSSR count). The lowest BCUT2D eigenvalue weighted by atomic mass is 10.2. The van der Waals surface area contributed by atoms with E-state index in [1.165, 1.54) is 4.57 Å². The van der Waals surface area contributed by atoms with Crippen LogP contribution in [0.15, 0.2) is 9.59 Å². The van der Waals surface area contributed by atoms with E-state index in [0.717, 1.165) is 11.3 Å². The minimum atomic E-state index is -0.444. The zero-order chi connectivity index (χ0) is 13.7. The van der Waals surface area contributed by atoms with Gasteiger partial charge in [0.1, 0.15) is 4.83 Å². The first-order valence-corrected chi connectivity index (χ1v) is 6.66. The van der Waals surface area contributed by atoms with E-state index in [9.17, 15) is 14.4 Å². The van der Waals surface area contributed by atoms with Gasteiger partial charge in [-0.15, -0.1) is 11.3 Å². The molecule has 1 aliphatic rings. The van der Waals surface area contributed by atoms with E-state index in [1.807, 2.05) is 0 Å². The van der Waals surface area contributed by atoms with Crippen molar-refractivity contribution in [3.05, 3.63) is 31.3 Å². The molecule has 7 heteroatoms. The van der Waals surface area contributed by atoms with Crippen molar-refractivity contribution in [2.45, 2.75) is 25.5 Å². The van der Waals surface area contributed by atoms with Crippen molar-refractivity contribution in [3.63, 3.8) is 0 Å². The molecule has 2 heterocycles. The Balaban J connectivity index is 2.31. The van der Waals surface area contributed by atoms with Crippen LogP contribution in [0, 0.1) is 6.92 Å². The maximum Gasteiger partial charge on any atom is 0.329 e. The molecule has 2 unspecified atom stereocenters. The first-order valence-electron chi connectivity index (χ1n) is 5.84. The minimum Gasteiger partial charge on any atom is -0.379 e. The maximum absolute atomic E-state index is 12.4.